The Kier molecular flexibility index (Phi) is 8.46. The average Bonchev–Trinajstić information content (AvgIpc) is 3.06. The van der Waals surface area contributed by atoms with Gasteiger partial charge in [0.1, 0.15) is 11.5 Å². The summed E-state index contributed by atoms with van der Waals surface area (Å²) in [4.78, 5) is 41.4. The standard InChI is InChI=1S/C29H33ClFN7O2/c1-20(39)32-10-12-36-13-15-37(16-14-36)24-7-4-21(5-8-24)28-33-18-26-29(34-28)38(11-9-27(40)35(26)2)19-22-3-6-23(30)17-25(22)31/h3-8,17-18H,9-16,19H2,1-2H3,(H,32,39). The molecular weight excluding hydrogens is 533 g/mol. The fourth-order valence-corrected chi connectivity index (χ4v) is 5.22. The first-order valence-electron chi connectivity index (χ1n) is 13.4. The van der Waals surface area contributed by atoms with Gasteiger partial charge in [0.05, 0.1) is 6.20 Å². The zero-order valence-electron chi connectivity index (χ0n) is 22.7. The van der Waals surface area contributed by atoms with Gasteiger partial charge >= 0.3 is 0 Å². The van der Waals surface area contributed by atoms with Gasteiger partial charge in [0.25, 0.3) is 0 Å². The first-order valence-corrected chi connectivity index (χ1v) is 13.8. The van der Waals surface area contributed by atoms with Crippen molar-refractivity contribution in [2.75, 3.05) is 67.6 Å². The van der Waals surface area contributed by atoms with E-state index in [0.29, 0.717) is 41.0 Å². The zero-order chi connectivity index (χ0) is 28.2. The molecule has 40 heavy (non-hydrogen) atoms. The number of aromatic nitrogens is 2. The molecule has 0 aliphatic carbocycles. The summed E-state index contributed by atoms with van der Waals surface area (Å²) in [5.74, 6) is 0.693. The highest BCUT2D eigenvalue weighted by Gasteiger charge is 2.27. The topological polar surface area (TPSA) is 84.9 Å². The summed E-state index contributed by atoms with van der Waals surface area (Å²) in [5.41, 5.74) is 3.06. The number of rotatable bonds is 7. The molecule has 9 nitrogen and oxygen atoms in total. The molecule has 1 aromatic heterocycles. The number of carbonyl (C=O) groups is 2. The van der Waals surface area contributed by atoms with Crippen LogP contribution in [-0.2, 0) is 16.1 Å². The lowest BCUT2D eigenvalue weighted by atomic mass is 10.1. The highest BCUT2D eigenvalue weighted by atomic mass is 35.5. The minimum Gasteiger partial charge on any atom is -0.369 e. The number of halogens is 2. The number of nitrogens with one attached hydrogen (secondary N) is 1. The molecule has 0 bridgehead atoms. The number of hydrogen-bond acceptors (Lipinski definition) is 7. The van der Waals surface area contributed by atoms with Gasteiger partial charge in [-0.3, -0.25) is 14.5 Å². The number of amides is 2. The summed E-state index contributed by atoms with van der Waals surface area (Å²) >= 11 is 5.95. The largest absolute Gasteiger partial charge is 0.369 e. The van der Waals surface area contributed by atoms with Gasteiger partial charge in [0, 0.05) is 94.6 Å². The predicted octanol–water partition coefficient (Wildman–Crippen LogP) is 3.57. The van der Waals surface area contributed by atoms with E-state index in [1.165, 1.54) is 13.0 Å². The van der Waals surface area contributed by atoms with Crippen LogP contribution in [0.5, 0.6) is 0 Å². The van der Waals surface area contributed by atoms with Crippen LogP contribution in [0.15, 0.2) is 48.7 Å². The van der Waals surface area contributed by atoms with Crippen molar-refractivity contribution in [3.63, 3.8) is 0 Å². The first-order chi connectivity index (χ1) is 19.3. The summed E-state index contributed by atoms with van der Waals surface area (Å²) in [6.07, 6.45) is 1.95. The Morgan fingerprint density at radius 1 is 1.07 bits per heavy atom. The number of anilines is 3. The fraction of sp³-hybridized carbons (Fsp3) is 0.379. The molecule has 3 heterocycles. The first kappa shape index (κ1) is 27.8. The highest BCUT2D eigenvalue weighted by molar-refractivity contribution is 6.30. The third-order valence-corrected chi connectivity index (χ3v) is 7.66. The van der Waals surface area contributed by atoms with Crippen LogP contribution in [0.1, 0.15) is 18.9 Å². The maximum Gasteiger partial charge on any atom is 0.228 e. The minimum absolute atomic E-state index is 0.000795. The van der Waals surface area contributed by atoms with Gasteiger partial charge in [-0.2, -0.15) is 0 Å². The van der Waals surface area contributed by atoms with Crippen LogP contribution in [0.3, 0.4) is 0 Å². The van der Waals surface area contributed by atoms with Crippen LogP contribution < -0.4 is 20.0 Å². The molecule has 0 saturated carbocycles. The quantitative estimate of drug-likeness (QED) is 0.469. The van der Waals surface area contributed by atoms with Crippen molar-refractivity contribution < 1.29 is 14.0 Å². The molecule has 2 aliphatic rings. The molecule has 2 aliphatic heterocycles. The molecule has 0 spiro atoms. The Labute approximate surface area is 238 Å². The third kappa shape index (κ3) is 6.34. The highest BCUT2D eigenvalue weighted by Crippen LogP contribution is 2.33. The minimum atomic E-state index is -0.392. The number of benzene rings is 2. The van der Waals surface area contributed by atoms with Crippen molar-refractivity contribution in [3.8, 4) is 11.4 Å². The number of carbonyl (C=O) groups excluding carboxylic acids is 2. The lowest BCUT2D eigenvalue weighted by molar-refractivity contribution is -0.119. The van der Waals surface area contributed by atoms with Crippen molar-refractivity contribution in [2.24, 2.45) is 0 Å². The fourth-order valence-electron chi connectivity index (χ4n) is 5.06. The summed E-state index contributed by atoms with van der Waals surface area (Å²) in [5, 5.41) is 3.19. The molecule has 1 fully saturated rings. The van der Waals surface area contributed by atoms with Crippen LogP contribution in [0.25, 0.3) is 11.4 Å². The average molecular weight is 566 g/mol. The van der Waals surface area contributed by atoms with Crippen LogP contribution in [0.4, 0.5) is 21.6 Å². The van der Waals surface area contributed by atoms with Crippen LogP contribution >= 0.6 is 11.6 Å². The summed E-state index contributed by atoms with van der Waals surface area (Å²) in [7, 11) is 1.71. The molecule has 11 heteroatoms. The van der Waals surface area contributed by atoms with Gasteiger partial charge in [-0.25, -0.2) is 14.4 Å². The molecule has 0 unspecified atom stereocenters. The van der Waals surface area contributed by atoms with Crippen LogP contribution in [-0.4, -0.2) is 79.5 Å². The molecule has 2 amide bonds. The molecule has 1 N–H and O–H groups in total. The summed E-state index contributed by atoms with van der Waals surface area (Å²) in [6, 6.07) is 12.8. The molecule has 0 atom stereocenters. The number of fused-ring (bicyclic) bond motifs is 1. The van der Waals surface area contributed by atoms with Crippen molar-refractivity contribution in [2.45, 2.75) is 19.9 Å². The van der Waals surface area contributed by atoms with E-state index in [1.54, 1.807) is 30.3 Å². The van der Waals surface area contributed by atoms with E-state index < -0.39 is 5.82 Å². The Morgan fingerprint density at radius 3 is 2.52 bits per heavy atom. The number of hydrogen-bond donors (Lipinski definition) is 1. The van der Waals surface area contributed by atoms with Gasteiger partial charge < -0.3 is 20.0 Å². The second-order valence-corrected chi connectivity index (χ2v) is 10.6. The Bertz CT molecular complexity index is 1380. The second kappa shape index (κ2) is 12.2. The molecule has 5 rings (SSSR count). The van der Waals surface area contributed by atoms with Gasteiger partial charge in [-0.05, 0) is 36.4 Å². The number of nitrogens with zero attached hydrogens (tertiary/aromatic N) is 6. The van der Waals surface area contributed by atoms with Crippen LogP contribution in [0.2, 0.25) is 5.02 Å². The van der Waals surface area contributed by atoms with Crippen molar-refractivity contribution in [1.82, 2.24) is 20.2 Å². The monoisotopic (exact) mass is 565 g/mol. The molecule has 2 aromatic carbocycles. The maximum atomic E-state index is 14.6. The molecule has 210 valence electrons. The van der Waals surface area contributed by atoms with Gasteiger partial charge in [-0.1, -0.05) is 17.7 Å². The van der Waals surface area contributed by atoms with Crippen molar-refractivity contribution in [1.29, 1.82) is 0 Å². The van der Waals surface area contributed by atoms with Crippen molar-refractivity contribution >= 4 is 40.6 Å². The molecule has 3 aromatic rings. The lowest BCUT2D eigenvalue weighted by Crippen LogP contribution is -2.48. The van der Waals surface area contributed by atoms with E-state index >= 15 is 0 Å². The Hall–Kier alpha value is -3.76. The zero-order valence-corrected chi connectivity index (χ0v) is 23.5. The van der Waals surface area contributed by atoms with Gasteiger partial charge in [0.15, 0.2) is 11.6 Å². The number of piperazine rings is 1. The van der Waals surface area contributed by atoms with E-state index in [1.807, 2.05) is 17.0 Å². The second-order valence-electron chi connectivity index (χ2n) is 10.1. The summed E-state index contributed by atoms with van der Waals surface area (Å²) in [6.45, 7) is 7.41. The molecule has 1 saturated heterocycles. The van der Waals surface area contributed by atoms with Gasteiger partial charge in [0.2, 0.25) is 11.8 Å². The normalized spacial score (nSPS) is 16.1. The smallest absolute Gasteiger partial charge is 0.228 e. The third-order valence-electron chi connectivity index (χ3n) is 7.42. The predicted molar refractivity (Wildman–Crippen MR) is 155 cm³/mol. The van der Waals surface area contributed by atoms with Crippen molar-refractivity contribution in [3.05, 3.63) is 65.1 Å². The van der Waals surface area contributed by atoms with E-state index in [0.717, 1.165) is 44.0 Å². The van der Waals surface area contributed by atoms with E-state index in [9.17, 15) is 14.0 Å². The molecule has 0 radical (unpaired) electrons. The summed E-state index contributed by atoms with van der Waals surface area (Å²) < 4.78 is 14.6. The van der Waals surface area contributed by atoms with Gasteiger partial charge in [-0.15, -0.1) is 0 Å². The van der Waals surface area contributed by atoms with E-state index in [-0.39, 0.29) is 24.8 Å². The molecular formula is C29H33ClFN7O2. The van der Waals surface area contributed by atoms with Crippen LogP contribution in [0, 0.1) is 5.82 Å². The SMILES string of the molecule is CC(=O)NCCN1CCN(c2ccc(-c3ncc4c(n3)N(Cc3ccc(Cl)cc3F)CCC(=O)N4C)cc2)CC1. The Balaban J connectivity index is 1.32. The Morgan fingerprint density at radius 2 is 1.82 bits per heavy atom. The van der Waals surface area contributed by atoms with E-state index in [4.69, 9.17) is 16.6 Å². The van der Waals surface area contributed by atoms with E-state index in [2.05, 4.69) is 32.2 Å². The lowest BCUT2D eigenvalue weighted by Gasteiger charge is -2.36. The maximum absolute atomic E-state index is 14.6.